The Balaban J connectivity index is 1.42. The number of nitro groups is 1. The molecule has 0 unspecified atom stereocenters. The van der Waals surface area contributed by atoms with Gasteiger partial charge in [0.2, 0.25) is 0 Å². The number of carbonyl (C=O) groups is 4. The third kappa shape index (κ3) is 5.06. The summed E-state index contributed by atoms with van der Waals surface area (Å²) in [5.74, 6) is -3.01. The highest BCUT2D eigenvalue weighted by Gasteiger charge is 2.40. The Morgan fingerprint density at radius 3 is 2.62 bits per heavy atom. The van der Waals surface area contributed by atoms with Crippen LogP contribution >= 0.6 is 0 Å². The van der Waals surface area contributed by atoms with Crippen LogP contribution in [0.15, 0.2) is 51.7 Å². The molecule has 0 spiro atoms. The maximum Gasteiger partial charge on any atom is 0.349 e. The van der Waals surface area contributed by atoms with Crippen molar-refractivity contribution in [1.29, 1.82) is 0 Å². The van der Waals surface area contributed by atoms with Gasteiger partial charge in [0.05, 0.1) is 23.5 Å². The lowest BCUT2D eigenvalue weighted by Crippen LogP contribution is -2.32. The van der Waals surface area contributed by atoms with E-state index in [1.54, 1.807) is 0 Å². The number of methoxy groups -OCH3 is 1. The van der Waals surface area contributed by atoms with Crippen molar-refractivity contribution in [2.24, 2.45) is 0 Å². The van der Waals surface area contributed by atoms with Crippen LogP contribution in [0.25, 0.3) is 11.0 Å². The van der Waals surface area contributed by atoms with Gasteiger partial charge in [0.1, 0.15) is 22.5 Å². The van der Waals surface area contributed by atoms with Gasteiger partial charge in [0.25, 0.3) is 23.4 Å². The molecule has 13 heteroatoms. The van der Waals surface area contributed by atoms with Crippen LogP contribution in [0, 0.1) is 10.1 Å². The van der Waals surface area contributed by atoms with E-state index in [0.29, 0.717) is 5.39 Å². The van der Waals surface area contributed by atoms with Crippen molar-refractivity contribution in [3.05, 3.63) is 79.7 Å². The lowest BCUT2D eigenvalue weighted by molar-refractivity contribution is -0.385. The molecule has 0 radical (unpaired) electrons. The van der Waals surface area contributed by atoms with Crippen LogP contribution in [0.2, 0.25) is 0 Å². The zero-order chi connectivity index (χ0) is 26.7. The Bertz CT molecular complexity index is 1510. The van der Waals surface area contributed by atoms with Crippen molar-refractivity contribution >= 4 is 40.3 Å². The number of nitrogens with zero attached hydrogens (tertiary/aromatic N) is 2. The molecule has 1 aliphatic heterocycles. The Hall–Kier alpha value is -4.91. The quantitative estimate of drug-likeness (QED) is 0.0849. The molecule has 3 aromatic rings. The van der Waals surface area contributed by atoms with Crippen LogP contribution in [0.1, 0.15) is 37.5 Å². The smallest absolute Gasteiger partial charge is 0.349 e. The van der Waals surface area contributed by atoms with E-state index in [2.05, 4.69) is 5.32 Å². The lowest BCUT2D eigenvalue weighted by atomic mass is 10.1. The minimum atomic E-state index is -0.884. The maximum atomic E-state index is 12.6. The molecule has 0 atom stereocenters. The first-order valence-corrected chi connectivity index (χ1v) is 10.9. The predicted molar refractivity (Wildman–Crippen MR) is 125 cm³/mol. The third-order valence-electron chi connectivity index (χ3n) is 5.49. The van der Waals surface area contributed by atoms with Gasteiger partial charge in [-0.25, -0.2) is 4.79 Å². The van der Waals surface area contributed by atoms with E-state index >= 15 is 0 Å². The summed E-state index contributed by atoms with van der Waals surface area (Å²) in [5.41, 5.74) is -1.93. The molecule has 1 N–H and O–H groups in total. The summed E-state index contributed by atoms with van der Waals surface area (Å²) in [6.45, 7) is 0.123. The summed E-state index contributed by atoms with van der Waals surface area (Å²) in [5, 5.41) is 14.1. The van der Waals surface area contributed by atoms with E-state index in [0.717, 1.165) is 11.0 Å². The fourth-order valence-corrected chi connectivity index (χ4v) is 3.73. The number of nitrogens with one attached hydrogen (secondary N) is 1. The second-order valence-electron chi connectivity index (χ2n) is 7.84. The van der Waals surface area contributed by atoms with Crippen LogP contribution in [-0.2, 0) is 9.53 Å². The second kappa shape index (κ2) is 10.4. The minimum Gasteiger partial charge on any atom is -0.426 e. The van der Waals surface area contributed by atoms with Gasteiger partial charge in [-0.05, 0) is 24.3 Å². The Kier molecular flexibility index (Phi) is 7.06. The predicted octanol–water partition coefficient (Wildman–Crippen LogP) is 1.67. The second-order valence-corrected chi connectivity index (χ2v) is 7.84. The molecule has 0 bridgehead atoms. The van der Waals surface area contributed by atoms with E-state index in [4.69, 9.17) is 13.9 Å². The highest BCUT2D eigenvalue weighted by atomic mass is 16.6. The van der Waals surface area contributed by atoms with Crippen molar-refractivity contribution in [2.45, 2.75) is 6.42 Å². The van der Waals surface area contributed by atoms with Crippen molar-refractivity contribution < 1.29 is 38.0 Å². The molecule has 0 saturated carbocycles. The first-order valence-electron chi connectivity index (χ1n) is 10.9. The van der Waals surface area contributed by atoms with Gasteiger partial charge in [-0.3, -0.25) is 34.2 Å². The van der Waals surface area contributed by atoms with E-state index in [9.17, 15) is 34.1 Å². The Morgan fingerprint density at radius 2 is 1.89 bits per heavy atom. The fourth-order valence-electron chi connectivity index (χ4n) is 3.73. The standard InChI is InChI=1S/C24H19N3O10/c1-35-10-8-25-21(29)16-11-13-5-6-14(12-18(13)37-24(16)32)36-19(28)7-9-26-22(30)15-3-2-4-17(27(33)34)20(15)23(26)31/h2-6,11-12H,7-10H2,1H3,(H,25,29). The molecular weight excluding hydrogens is 490 g/mol. The first-order chi connectivity index (χ1) is 17.7. The summed E-state index contributed by atoms with van der Waals surface area (Å²) in [6, 6.07) is 9.25. The molecule has 13 nitrogen and oxygen atoms in total. The zero-order valence-electron chi connectivity index (χ0n) is 19.3. The summed E-state index contributed by atoms with van der Waals surface area (Å²) < 4.78 is 15.2. The van der Waals surface area contributed by atoms with E-state index in [1.807, 2.05) is 0 Å². The van der Waals surface area contributed by atoms with Crippen LogP contribution < -0.4 is 15.7 Å². The molecule has 37 heavy (non-hydrogen) atoms. The number of hydrogen-bond donors (Lipinski definition) is 1. The van der Waals surface area contributed by atoms with Gasteiger partial charge >= 0.3 is 11.6 Å². The molecule has 1 aliphatic rings. The minimum absolute atomic E-state index is 0.0240. The Labute approximate surface area is 207 Å². The lowest BCUT2D eigenvalue weighted by Gasteiger charge is -2.13. The van der Waals surface area contributed by atoms with Gasteiger partial charge in [-0.2, -0.15) is 0 Å². The SMILES string of the molecule is COCCNC(=O)c1cc2ccc(OC(=O)CCN3C(=O)c4cccc([N+](=O)[O-])c4C3=O)cc2oc1=O. The molecule has 4 rings (SSSR count). The van der Waals surface area contributed by atoms with Gasteiger partial charge in [-0.15, -0.1) is 0 Å². The fraction of sp³-hybridized carbons (Fsp3) is 0.208. The van der Waals surface area contributed by atoms with Gasteiger partial charge in [0, 0.05) is 37.7 Å². The van der Waals surface area contributed by atoms with Crippen molar-refractivity contribution in [2.75, 3.05) is 26.8 Å². The largest absolute Gasteiger partial charge is 0.426 e. The topological polar surface area (TPSA) is 175 Å². The first kappa shape index (κ1) is 25.2. The van der Waals surface area contributed by atoms with E-state index in [-0.39, 0.29) is 54.1 Å². The normalized spacial score (nSPS) is 12.5. The van der Waals surface area contributed by atoms with Crippen molar-refractivity contribution in [3.63, 3.8) is 0 Å². The number of fused-ring (bicyclic) bond motifs is 2. The number of imide groups is 1. The van der Waals surface area contributed by atoms with Crippen LogP contribution in [-0.4, -0.2) is 60.3 Å². The monoisotopic (exact) mass is 509 g/mol. The number of esters is 1. The van der Waals surface area contributed by atoms with E-state index in [1.165, 1.54) is 43.5 Å². The van der Waals surface area contributed by atoms with E-state index < -0.39 is 39.9 Å². The van der Waals surface area contributed by atoms with Crippen LogP contribution in [0.3, 0.4) is 0 Å². The molecule has 0 saturated heterocycles. The highest BCUT2D eigenvalue weighted by molar-refractivity contribution is 6.23. The average Bonchev–Trinajstić information content (AvgIpc) is 3.11. The molecule has 0 aliphatic carbocycles. The Morgan fingerprint density at radius 1 is 1.11 bits per heavy atom. The van der Waals surface area contributed by atoms with Gasteiger partial charge < -0.3 is 19.2 Å². The van der Waals surface area contributed by atoms with Crippen LogP contribution in [0.5, 0.6) is 5.75 Å². The van der Waals surface area contributed by atoms with Crippen molar-refractivity contribution in [3.8, 4) is 5.75 Å². The molecular formula is C24H19N3O10. The molecule has 190 valence electrons. The zero-order valence-corrected chi connectivity index (χ0v) is 19.3. The van der Waals surface area contributed by atoms with Crippen LogP contribution in [0.4, 0.5) is 5.69 Å². The average molecular weight is 509 g/mol. The number of ether oxygens (including phenoxy) is 2. The van der Waals surface area contributed by atoms with Gasteiger partial charge in [0.15, 0.2) is 0 Å². The van der Waals surface area contributed by atoms with Crippen molar-refractivity contribution in [1.82, 2.24) is 10.2 Å². The highest BCUT2D eigenvalue weighted by Crippen LogP contribution is 2.30. The maximum absolute atomic E-state index is 12.6. The number of nitro benzene ring substituents is 1. The van der Waals surface area contributed by atoms with Gasteiger partial charge in [-0.1, -0.05) is 6.07 Å². The summed E-state index contributed by atoms with van der Waals surface area (Å²) >= 11 is 0. The number of hydrogen-bond acceptors (Lipinski definition) is 10. The number of amides is 3. The molecule has 3 amide bonds. The number of benzene rings is 2. The summed E-state index contributed by atoms with van der Waals surface area (Å²) in [4.78, 5) is 73.1. The molecule has 2 aromatic carbocycles. The number of rotatable bonds is 9. The molecule has 2 heterocycles. The molecule has 0 fully saturated rings. The summed E-state index contributed by atoms with van der Waals surface area (Å²) in [6.07, 6.45) is -0.387. The third-order valence-corrected chi connectivity index (χ3v) is 5.49. The number of carbonyl (C=O) groups excluding carboxylic acids is 4. The molecule has 1 aromatic heterocycles. The summed E-state index contributed by atoms with van der Waals surface area (Å²) in [7, 11) is 1.47.